The summed E-state index contributed by atoms with van der Waals surface area (Å²) in [7, 11) is 3.83. The average Bonchev–Trinajstić information content (AvgIpc) is 3.02. The molecular formula is C21H31N3O2. The van der Waals surface area contributed by atoms with Gasteiger partial charge in [-0.25, -0.2) is 0 Å². The zero-order valence-electron chi connectivity index (χ0n) is 16.7. The number of para-hydroxylation sites is 1. The van der Waals surface area contributed by atoms with Gasteiger partial charge in [0.05, 0.1) is 18.2 Å². The summed E-state index contributed by atoms with van der Waals surface area (Å²) in [4.78, 5) is 17.7. The highest BCUT2D eigenvalue weighted by Crippen LogP contribution is 2.31. The molecule has 26 heavy (non-hydrogen) atoms. The number of carbonyl (C=O) groups is 1. The van der Waals surface area contributed by atoms with E-state index in [1.54, 1.807) is 7.11 Å². The molecule has 0 aliphatic carbocycles. The van der Waals surface area contributed by atoms with Crippen molar-refractivity contribution in [1.82, 2.24) is 14.4 Å². The largest absolute Gasteiger partial charge is 0.495 e. The van der Waals surface area contributed by atoms with E-state index in [0.29, 0.717) is 12.1 Å². The molecule has 1 saturated heterocycles. The molecule has 2 unspecified atom stereocenters. The second kappa shape index (κ2) is 7.70. The summed E-state index contributed by atoms with van der Waals surface area (Å²) >= 11 is 0. The Kier molecular flexibility index (Phi) is 5.56. The van der Waals surface area contributed by atoms with E-state index in [9.17, 15) is 4.79 Å². The second-order valence-electron chi connectivity index (χ2n) is 7.52. The SMILES string of the molecule is CCCCn1cc(C(=O)N2CC(C)N(C)C(C)C2)c2cccc(OC)c21. The number of amides is 1. The van der Waals surface area contributed by atoms with Crippen molar-refractivity contribution in [2.45, 2.75) is 52.2 Å². The van der Waals surface area contributed by atoms with Gasteiger partial charge in [-0.05, 0) is 33.4 Å². The van der Waals surface area contributed by atoms with Crippen LogP contribution in [-0.2, 0) is 6.54 Å². The van der Waals surface area contributed by atoms with Gasteiger partial charge in [-0.1, -0.05) is 25.5 Å². The summed E-state index contributed by atoms with van der Waals surface area (Å²) in [5, 5.41) is 0.990. The quantitative estimate of drug-likeness (QED) is 0.820. The van der Waals surface area contributed by atoms with Crippen LogP contribution in [0.5, 0.6) is 5.75 Å². The van der Waals surface area contributed by atoms with E-state index < -0.39 is 0 Å². The zero-order valence-corrected chi connectivity index (χ0v) is 16.7. The Balaban J connectivity index is 2.00. The number of rotatable bonds is 5. The summed E-state index contributed by atoms with van der Waals surface area (Å²) in [6.45, 7) is 8.99. The molecule has 0 saturated carbocycles. The highest BCUT2D eigenvalue weighted by molar-refractivity contribution is 6.08. The Labute approximate surface area is 156 Å². The molecule has 5 heteroatoms. The van der Waals surface area contributed by atoms with Gasteiger partial charge < -0.3 is 14.2 Å². The fourth-order valence-electron chi connectivity index (χ4n) is 3.91. The van der Waals surface area contributed by atoms with Crippen LogP contribution in [0, 0.1) is 0 Å². The average molecular weight is 357 g/mol. The number of likely N-dealkylation sites (N-methyl/N-ethyl adjacent to an activating group) is 1. The molecule has 0 bridgehead atoms. The lowest BCUT2D eigenvalue weighted by Crippen LogP contribution is -2.56. The lowest BCUT2D eigenvalue weighted by atomic mass is 10.1. The van der Waals surface area contributed by atoms with Crippen LogP contribution < -0.4 is 4.74 Å². The number of aryl methyl sites for hydroxylation is 1. The van der Waals surface area contributed by atoms with Crippen LogP contribution in [0.25, 0.3) is 10.9 Å². The maximum absolute atomic E-state index is 13.4. The van der Waals surface area contributed by atoms with Crippen molar-refractivity contribution in [2.24, 2.45) is 0 Å². The van der Waals surface area contributed by atoms with Crippen molar-refractivity contribution in [1.29, 1.82) is 0 Å². The summed E-state index contributed by atoms with van der Waals surface area (Å²) < 4.78 is 7.77. The fraction of sp³-hybridized carbons (Fsp3) is 0.571. The Morgan fingerprint density at radius 3 is 2.54 bits per heavy atom. The highest BCUT2D eigenvalue weighted by atomic mass is 16.5. The van der Waals surface area contributed by atoms with Crippen molar-refractivity contribution in [2.75, 3.05) is 27.2 Å². The molecule has 1 amide bonds. The molecule has 0 radical (unpaired) electrons. The van der Waals surface area contributed by atoms with Crippen LogP contribution in [0.4, 0.5) is 0 Å². The molecule has 1 aromatic carbocycles. The van der Waals surface area contributed by atoms with Gasteiger partial charge in [0.1, 0.15) is 5.75 Å². The molecule has 1 aromatic heterocycles. The van der Waals surface area contributed by atoms with Gasteiger partial charge in [0.25, 0.3) is 5.91 Å². The van der Waals surface area contributed by atoms with E-state index in [1.807, 2.05) is 29.3 Å². The molecular weight excluding hydrogens is 326 g/mol. The molecule has 5 nitrogen and oxygen atoms in total. The number of benzene rings is 1. The first-order valence-electron chi connectivity index (χ1n) is 9.65. The standard InChI is InChI=1S/C21H31N3O2/c1-6-7-11-23-14-18(17-9-8-10-19(26-5)20(17)23)21(25)24-12-15(2)22(4)16(3)13-24/h8-10,14-16H,6-7,11-13H2,1-5H3. The molecule has 1 fully saturated rings. The predicted octanol–water partition coefficient (Wildman–Crippen LogP) is 3.61. The molecule has 142 valence electrons. The summed E-state index contributed by atoms with van der Waals surface area (Å²) in [6.07, 6.45) is 4.22. The van der Waals surface area contributed by atoms with Crippen LogP contribution >= 0.6 is 0 Å². The van der Waals surface area contributed by atoms with Crippen molar-refractivity contribution in [3.63, 3.8) is 0 Å². The van der Waals surface area contributed by atoms with Gasteiger partial charge in [-0.15, -0.1) is 0 Å². The van der Waals surface area contributed by atoms with Gasteiger partial charge in [-0.2, -0.15) is 0 Å². The number of nitrogens with zero attached hydrogens (tertiary/aromatic N) is 3. The van der Waals surface area contributed by atoms with Gasteiger partial charge in [0.2, 0.25) is 0 Å². The smallest absolute Gasteiger partial charge is 0.256 e. The zero-order chi connectivity index (χ0) is 18.8. The normalized spacial score (nSPS) is 21.3. The first-order valence-corrected chi connectivity index (χ1v) is 9.65. The Hall–Kier alpha value is -2.01. The van der Waals surface area contributed by atoms with E-state index in [1.165, 1.54) is 0 Å². The van der Waals surface area contributed by atoms with Gasteiger partial charge in [0.15, 0.2) is 0 Å². The molecule has 3 rings (SSSR count). The summed E-state index contributed by atoms with van der Waals surface area (Å²) in [5.74, 6) is 0.961. The Morgan fingerprint density at radius 1 is 1.23 bits per heavy atom. The number of fused-ring (bicyclic) bond motifs is 1. The number of ether oxygens (including phenoxy) is 1. The maximum atomic E-state index is 13.4. The van der Waals surface area contributed by atoms with Crippen molar-refractivity contribution >= 4 is 16.8 Å². The molecule has 0 spiro atoms. The third-order valence-electron chi connectivity index (χ3n) is 5.71. The minimum Gasteiger partial charge on any atom is -0.495 e. The minimum atomic E-state index is 0.130. The molecule has 2 aromatic rings. The van der Waals surface area contributed by atoms with Gasteiger partial charge in [-0.3, -0.25) is 9.69 Å². The number of aromatic nitrogens is 1. The lowest BCUT2D eigenvalue weighted by Gasteiger charge is -2.42. The lowest BCUT2D eigenvalue weighted by molar-refractivity contribution is 0.0415. The first kappa shape index (κ1) is 18.8. The van der Waals surface area contributed by atoms with Crippen molar-refractivity contribution < 1.29 is 9.53 Å². The summed E-state index contributed by atoms with van der Waals surface area (Å²) in [5.41, 5.74) is 1.82. The topological polar surface area (TPSA) is 37.7 Å². The number of hydrogen-bond acceptors (Lipinski definition) is 3. The molecule has 1 aliphatic heterocycles. The minimum absolute atomic E-state index is 0.130. The van der Waals surface area contributed by atoms with Crippen LogP contribution in [0.15, 0.2) is 24.4 Å². The predicted molar refractivity (Wildman–Crippen MR) is 106 cm³/mol. The Morgan fingerprint density at radius 2 is 1.92 bits per heavy atom. The van der Waals surface area contributed by atoms with Gasteiger partial charge >= 0.3 is 0 Å². The van der Waals surface area contributed by atoms with Crippen LogP contribution in [0.1, 0.15) is 44.0 Å². The molecule has 0 N–H and O–H groups in total. The number of methoxy groups -OCH3 is 1. The van der Waals surface area contributed by atoms with Crippen molar-refractivity contribution in [3.05, 3.63) is 30.0 Å². The molecule has 2 atom stereocenters. The first-order chi connectivity index (χ1) is 12.5. The number of piperazine rings is 1. The van der Waals surface area contributed by atoms with Crippen LogP contribution in [-0.4, -0.2) is 59.6 Å². The van der Waals surface area contributed by atoms with Crippen LogP contribution in [0.2, 0.25) is 0 Å². The second-order valence-corrected chi connectivity index (χ2v) is 7.52. The van der Waals surface area contributed by atoms with E-state index in [4.69, 9.17) is 4.74 Å². The Bertz CT molecular complexity index is 771. The fourth-order valence-corrected chi connectivity index (χ4v) is 3.91. The van der Waals surface area contributed by atoms with E-state index in [2.05, 4.69) is 37.3 Å². The maximum Gasteiger partial charge on any atom is 0.256 e. The third kappa shape index (κ3) is 3.32. The molecule has 1 aliphatic rings. The highest BCUT2D eigenvalue weighted by Gasteiger charge is 2.31. The number of unbranched alkanes of at least 4 members (excludes halogenated alkanes) is 1. The third-order valence-corrected chi connectivity index (χ3v) is 5.71. The van der Waals surface area contributed by atoms with Crippen molar-refractivity contribution in [3.8, 4) is 5.75 Å². The monoisotopic (exact) mass is 357 g/mol. The number of carbonyl (C=O) groups excluding carboxylic acids is 1. The summed E-state index contributed by atoms with van der Waals surface area (Å²) in [6, 6.07) is 6.71. The van der Waals surface area contributed by atoms with Gasteiger partial charge in [0, 0.05) is 43.3 Å². The van der Waals surface area contributed by atoms with Crippen LogP contribution in [0.3, 0.4) is 0 Å². The molecule has 2 heterocycles. The van der Waals surface area contributed by atoms with E-state index in [0.717, 1.165) is 54.7 Å². The number of hydrogen-bond donors (Lipinski definition) is 0. The van der Waals surface area contributed by atoms with E-state index in [-0.39, 0.29) is 5.91 Å². The van der Waals surface area contributed by atoms with E-state index >= 15 is 0 Å².